The third kappa shape index (κ3) is 5.72. The molecule has 1 rings (SSSR count). The summed E-state index contributed by atoms with van der Waals surface area (Å²) < 4.78 is 12.6. The molecule has 0 amide bonds. The van der Waals surface area contributed by atoms with Crippen LogP contribution in [0, 0.1) is 5.41 Å². The number of halogens is 2. The molecule has 0 unspecified atom stereocenters. The van der Waals surface area contributed by atoms with Crippen LogP contribution in [0.1, 0.15) is 25.8 Å². The molecule has 0 saturated heterocycles. The predicted molar refractivity (Wildman–Crippen MR) is 90.4 cm³/mol. The van der Waals surface area contributed by atoms with Gasteiger partial charge in [-0.1, -0.05) is 29.8 Å². The van der Waals surface area contributed by atoms with E-state index in [2.05, 4.69) is 57.1 Å². The lowest BCUT2D eigenvalue weighted by molar-refractivity contribution is 0.150. The molecule has 0 aliphatic carbocycles. The van der Waals surface area contributed by atoms with Crippen molar-refractivity contribution < 1.29 is 9.47 Å². The van der Waals surface area contributed by atoms with Gasteiger partial charge < -0.3 is 14.8 Å². The first kappa shape index (κ1) is 18.0. The summed E-state index contributed by atoms with van der Waals surface area (Å²) in [6.07, 6.45) is 1.04. The average molecular weight is 409 g/mol. The first-order chi connectivity index (χ1) is 9.39. The van der Waals surface area contributed by atoms with Gasteiger partial charge in [0, 0.05) is 36.8 Å². The molecule has 5 heteroatoms. The van der Waals surface area contributed by atoms with Crippen LogP contribution in [0.4, 0.5) is 0 Å². The average Bonchev–Trinajstić information content (AvgIpc) is 2.36. The van der Waals surface area contributed by atoms with E-state index in [0.29, 0.717) is 0 Å². The maximum atomic E-state index is 5.45. The summed E-state index contributed by atoms with van der Waals surface area (Å²) in [4.78, 5) is 0. The molecule has 0 heterocycles. The number of methoxy groups -OCH3 is 2. The van der Waals surface area contributed by atoms with Gasteiger partial charge in [0.25, 0.3) is 0 Å². The Morgan fingerprint density at radius 3 is 2.50 bits per heavy atom. The van der Waals surface area contributed by atoms with Crippen LogP contribution in [0.2, 0.25) is 0 Å². The zero-order chi connectivity index (χ0) is 15.2. The first-order valence-corrected chi connectivity index (χ1v) is 8.20. The van der Waals surface area contributed by atoms with Crippen molar-refractivity contribution in [1.29, 1.82) is 0 Å². The summed E-state index contributed by atoms with van der Waals surface area (Å²) in [6, 6.07) is 4.07. The molecular formula is C15H23Br2NO2. The van der Waals surface area contributed by atoms with E-state index in [-0.39, 0.29) is 5.41 Å². The molecule has 20 heavy (non-hydrogen) atoms. The highest BCUT2D eigenvalue weighted by Gasteiger charge is 2.17. The molecule has 0 spiro atoms. The fourth-order valence-electron chi connectivity index (χ4n) is 1.98. The molecule has 0 bridgehead atoms. The Hall–Kier alpha value is -0.100. The second kappa shape index (κ2) is 8.37. The summed E-state index contributed by atoms with van der Waals surface area (Å²) in [5.74, 6) is 0.885. The first-order valence-electron chi connectivity index (χ1n) is 6.61. The number of benzene rings is 1. The fourth-order valence-corrected chi connectivity index (χ4v) is 3.45. The van der Waals surface area contributed by atoms with Crippen molar-refractivity contribution in [2.24, 2.45) is 5.41 Å². The normalized spacial score (nSPS) is 11.7. The fraction of sp³-hybridized carbons (Fsp3) is 0.600. The van der Waals surface area contributed by atoms with E-state index < -0.39 is 0 Å². The van der Waals surface area contributed by atoms with Gasteiger partial charge in [0.2, 0.25) is 0 Å². The van der Waals surface area contributed by atoms with Gasteiger partial charge in [-0.25, -0.2) is 0 Å². The van der Waals surface area contributed by atoms with Gasteiger partial charge in [0.1, 0.15) is 5.75 Å². The van der Waals surface area contributed by atoms with Gasteiger partial charge in [-0.05, 0) is 39.9 Å². The van der Waals surface area contributed by atoms with E-state index in [1.807, 2.05) is 6.07 Å². The quantitative estimate of drug-likeness (QED) is 0.692. The summed E-state index contributed by atoms with van der Waals surface area (Å²) in [5, 5.41) is 3.50. The predicted octanol–water partition coefficient (Wildman–Crippen LogP) is 4.37. The van der Waals surface area contributed by atoms with Crippen molar-refractivity contribution in [2.45, 2.75) is 26.8 Å². The third-order valence-corrected chi connectivity index (χ3v) is 4.24. The number of hydrogen-bond acceptors (Lipinski definition) is 3. The number of nitrogens with one attached hydrogen (secondary N) is 1. The second-order valence-corrected chi connectivity index (χ2v) is 7.36. The molecule has 114 valence electrons. The summed E-state index contributed by atoms with van der Waals surface area (Å²) in [5.41, 5.74) is 1.35. The molecule has 0 atom stereocenters. The van der Waals surface area contributed by atoms with Crippen molar-refractivity contribution in [3.05, 3.63) is 26.6 Å². The molecule has 0 saturated carbocycles. The minimum Gasteiger partial charge on any atom is -0.495 e. The van der Waals surface area contributed by atoms with E-state index in [1.165, 1.54) is 0 Å². The zero-order valence-corrected chi connectivity index (χ0v) is 15.7. The Balaban J connectivity index is 2.62. The Kier molecular flexibility index (Phi) is 7.51. The molecule has 1 aromatic rings. The Bertz CT molecular complexity index is 436. The van der Waals surface area contributed by atoms with Gasteiger partial charge >= 0.3 is 0 Å². The molecule has 0 aliphatic rings. The third-order valence-electron chi connectivity index (χ3n) is 3.19. The van der Waals surface area contributed by atoms with E-state index in [4.69, 9.17) is 9.47 Å². The Morgan fingerprint density at radius 1 is 1.20 bits per heavy atom. The molecule has 1 N–H and O–H groups in total. The molecule has 0 fully saturated rings. The monoisotopic (exact) mass is 407 g/mol. The highest BCUT2D eigenvalue weighted by Crippen LogP contribution is 2.32. The van der Waals surface area contributed by atoms with E-state index in [0.717, 1.165) is 46.4 Å². The standard InChI is InChI=1S/C15H23Br2NO2/c1-15(2,5-6-19-3)10-18-9-11-7-12(16)8-13(17)14(11)20-4/h7-8,18H,5-6,9-10H2,1-4H3. The van der Waals surface area contributed by atoms with Crippen molar-refractivity contribution in [3.63, 3.8) is 0 Å². The van der Waals surface area contributed by atoms with Gasteiger partial charge in [0.05, 0.1) is 11.6 Å². The van der Waals surface area contributed by atoms with Crippen LogP contribution in [0.15, 0.2) is 21.1 Å². The molecular weight excluding hydrogens is 386 g/mol. The van der Waals surface area contributed by atoms with Gasteiger partial charge in [-0.15, -0.1) is 0 Å². The minimum absolute atomic E-state index is 0.215. The zero-order valence-electron chi connectivity index (χ0n) is 12.6. The molecule has 0 aliphatic heterocycles. The molecule has 1 aromatic carbocycles. The van der Waals surface area contributed by atoms with Gasteiger partial charge in [-0.2, -0.15) is 0 Å². The SMILES string of the molecule is COCCC(C)(C)CNCc1cc(Br)cc(Br)c1OC. The molecule has 3 nitrogen and oxygen atoms in total. The van der Waals surface area contributed by atoms with Crippen molar-refractivity contribution in [3.8, 4) is 5.75 Å². The van der Waals surface area contributed by atoms with Crippen molar-refractivity contribution >= 4 is 31.9 Å². The van der Waals surface area contributed by atoms with E-state index >= 15 is 0 Å². The Labute approximate surface area is 138 Å². The minimum atomic E-state index is 0.215. The Morgan fingerprint density at radius 2 is 1.90 bits per heavy atom. The van der Waals surface area contributed by atoms with Crippen LogP contribution in [-0.2, 0) is 11.3 Å². The highest BCUT2D eigenvalue weighted by atomic mass is 79.9. The number of ether oxygens (including phenoxy) is 2. The summed E-state index contributed by atoms with van der Waals surface area (Å²) >= 11 is 7.04. The van der Waals surface area contributed by atoms with E-state index in [1.54, 1.807) is 14.2 Å². The lowest BCUT2D eigenvalue weighted by atomic mass is 9.89. The maximum Gasteiger partial charge on any atom is 0.137 e. The largest absolute Gasteiger partial charge is 0.495 e. The highest BCUT2D eigenvalue weighted by molar-refractivity contribution is 9.11. The van der Waals surface area contributed by atoms with Crippen molar-refractivity contribution in [1.82, 2.24) is 5.32 Å². The van der Waals surface area contributed by atoms with Crippen LogP contribution in [0.3, 0.4) is 0 Å². The topological polar surface area (TPSA) is 30.5 Å². The maximum absolute atomic E-state index is 5.45. The van der Waals surface area contributed by atoms with E-state index in [9.17, 15) is 0 Å². The van der Waals surface area contributed by atoms with Gasteiger partial charge in [-0.3, -0.25) is 0 Å². The van der Waals surface area contributed by atoms with Crippen LogP contribution >= 0.6 is 31.9 Å². The lowest BCUT2D eigenvalue weighted by Gasteiger charge is -2.25. The van der Waals surface area contributed by atoms with Crippen molar-refractivity contribution in [2.75, 3.05) is 27.4 Å². The second-order valence-electron chi connectivity index (χ2n) is 5.59. The van der Waals surface area contributed by atoms with Crippen LogP contribution in [0.5, 0.6) is 5.75 Å². The smallest absolute Gasteiger partial charge is 0.137 e. The number of rotatable bonds is 8. The molecule has 0 aromatic heterocycles. The van der Waals surface area contributed by atoms with Crippen LogP contribution < -0.4 is 10.1 Å². The van der Waals surface area contributed by atoms with Crippen LogP contribution in [-0.4, -0.2) is 27.4 Å². The van der Waals surface area contributed by atoms with Gasteiger partial charge in [0.15, 0.2) is 0 Å². The lowest BCUT2D eigenvalue weighted by Crippen LogP contribution is -2.30. The summed E-state index contributed by atoms with van der Waals surface area (Å²) in [6.45, 7) is 6.99. The summed E-state index contributed by atoms with van der Waals surface area (Å²) in [7, 11) is 3.44. The molecule has 0 radical (unpaired) electrons. The number of hydrogen-bond donors (Lipinski definition) is 1. The van der Waals surface area contributed by atoms with Crippen LogP contribution in [0.25, 0.3) is 0 Å².